The average molecular weight is 458 g/mol. The SMILES string of the molecule is O=C(NC(=S)Nc1cccc(-c2nc3c(ccc4ccccc43)o2)c1)c1cccc(Cl)c1. The molecule has 32 heavy (non-hydrogen) atoms. The quantitative estimate of drug-likeness (QED) is 0.306. The average Bonchev–Trinajstić information content (AvgIpc) is 3.24. The van der Waals surface area contributed by atoms with Crippen LogP contribution in [0.15, 0.2) is 89.3 Å². The topological polar surface area (TPSA) is 67.2 Å². The fourth-order valence-corrected chi connectivity index (χ4v) is 3.88. The van der Waals surface area contributed by atoms with E-state index in [1.165, 1.54) is 0 Å². The first-order valence-electron chi connectivity index (χ1n) is 9.83. The van der Waals surface area contributed by atoms with Crippen molar-refractivity contribution in [3.05, 3.63) is 95.5 Å². The third-order valence-electron chi connectivity index (χ3n) is 4.96. The minimum Gasteiger partial charge on any atom is -0.436 e. The zero-order chi connectivity index (χ0) is 22.1. The van der Waals surface area contributed by atoms with E-state index in [0.29, 0.717) is 22.2 Å². The van der Waals surface area contributed by atoms with Gasteiger partial charge in [-0.15, -0.1) is 0 Å². The Bertz CT molecular complexity index is 1500. The summed E-state index contributed by atoms with van der Waals surface area (Å²) in [5.74, 6) is 0.167. The third-order valence-corrected chi connectivity index (χ3v) is 5.40. The fourth-order valence-electron chi connectivity index (χ4n) is 3.48. The Morgan fingerprint density at radius 1 is 0.938 bits per heavy atom. The first-order chi connectivity index (χ1) is 15.6. The molecule has 5 aromatic rings. The molecule has 0 fully saturated rings. The van der Waals surface area contributed by atoms with Crippen molar-refractivity contribution >= 4 is 62.4 Å². The number of carbonyl (C=O) groups excluding carboxylic acids is 1. The Balaban J connectivity index is 1.37. The number of nitrogens with one attached hydrogen (secondary N) is 2. The molecule has 0 bridgehead atoms. The molecule has 0 radical (unpaired) electrons. The van der Waals surface area contributed by atoms with Crippen LogP contribution in [0.5, 0.6) is 0 Å². The van der Waals surface area contributed by atoms with Crippen molar-refractivity contribution in [2.24, 2.45) is 0 Å². The molecule has 156 valence electrons. The van der Waals surface area contributed by atoms with Crippen molar-refractivity contribution in [3.63, 3.8) is 0 Å². The van der Waals surface area contributed by atoms with Gasteiger partial charge in [-0.1, -0.05) is 54.1 Å². The van der Waals surface area contributed by atoms with E-state index in [1.807, 2.05) is 60.7 Å². The number of hydrogen-bond acceptors (Lipinski definition) is 4. The van der Waals surface area contributed by atoms with Gasteiger partial charge in [0.15, 0.2) is 10.7 Å². The summed E-state index contributed by atoms with van der Waals surface area (Å²) in [6.45, 7) is 0. The maximum absolute atomic E-state index is 12.4. The van der Waals surface area contributed by atoms with Crippen LogP contribution < -0.4 is 10.6 Å². The number of oxazole rings is 1. The molecule has 5 rings (SSSR count). The summed E-state index contributed by atoms with van der Waals surface area (Å²) in [6, 6.07) is 26.2. The molecule has 1 heterocycles. The van der Waals surface area contributed by atoms with E-state index < -0.39 is 0 Å². The molecule has 0 aliphatic carbocycles. The van der Waals surface area contributed by atoms with Crippen LogP contribution in [-0.2, 0) is 0 Å². The summed E-state index contributed by atoms with van der Waals surface area (Å²) >= 11 is 11.2. The zero-order valence-corrected chi connectivity index (χ0v) is 18.2. The van der Waals surface area contributed by atoms with Crippen LogP contribution in [0.3, 0.4) is 0 Å². The van der Waals surface area contributed by atoms with Gasteiger partial charge in [0, 0.05) is 27.2 Å². The van der Waals surface area contributed by atoms with Gasteiger partial charge in [0.25, 0.3) is 5.91 Å². The first-order valence-corrected chi connectivity index (χ1v) is 10.6. The second-order valence-electron chi connectivity index (χ2n) is 7.15. The predicted octanol–water partition coefficient (Wildman–Crippen LogP) is 6.43. The molecular weight excluding hydrogens is 442 g/mol. The molecule has 4 aromatic carbocycles. The Labute approximate surface area is 194 Å². The Morgan fingerprint density at radius 3 is 2.66 bits per heavy atom. The van der Waals surface area contributed by atoms with Crippen LogP contribution in [-0.4, -0.2) is 16.0 Å². The fraction of sp³-hybridized carbons (Fsp3) is 0. The van der Waals surface area contributed by atoms with Gasteiger partial charge < -0.3 is 9.73 Å². The Kier molecular flexibility index (Phi) is 5.31. The standard InChI is InChI=1S/C25H16ClN3O2S/c26-18-8-3-6-16(13-18)23(30)29-25(32)27-19-9-4-7-17(14-19)24-28-22-20-10-2-1-5-15(20)11-12-21(22)31-24/h1-14H,(H2,27,29,30,32). The van der Waals surface area contributed by atoms with Gasteiger partial charge in [-0.25, -0.2) is 4.98 Å². The van der Waals surface area contributed by atoms with E-state index in [0.717, 1.165) is 27.4 Å². The van der Waals surface area contributed by atoms with Crippen molar-refractivity contribution < 1.29 is 9.21 Å². The molecule has 7 heteroatoms. The molecule has 0 atom stereocenters. The number of hydrogen-bond donors (Lipinski definition) is 2. The van der Waals surface area contributed by atoms with E-state index in [9.17, 15) is 4.79 Å². The second kappa shape index (κ2) is 8.42. The number of carbonyl (C=O) groups is 1. The molecule has 1 aromatic heterocycles. The molecule has 0 unspecified atom stereocenters. The van der Waals surface area contributed by atoms with Crippen molar-refractivity contribution in [1.29, 1.82) is 0 Å². The summed E-state index contributed by atoms with van der Waals surface area (Å²) in [4.78, 5) is 17.1. The number of rotatable bonds is 3. The number of benzene rings is 4. The van der Waals surface area contributed by atoms with E-state index in [2.05, 4.69) is 10.6 Å². The summed E-state index contributed by atoms with van der Waals surface area (Å²) < 4.78 is 6.00. The van der Waals surface area contributed by atoms with Crippen LogP contribution in [0.2, 0.25) is 5.02 Å². The molecule has 0 aliphatic heterocycles. The molecular formula is C25H16ClN3O2S. The van der Waals surface area contributed by atoms with Crippen LogP contribution in [0.4, 0.5) is 5.69 Å². The van der Waals surface area contributed by atoms with Crippen molar-refractivity contribution in [2.75, 3.05) is 5.32 Å². The van der Waals surface area contributed by atoms with Gasteiger partial charge in [0.1, 0.15) is 5.52 Å². The second-order valence-corrected chi connectivity index (χ2v) is 8.00. The lowest BCUT2D eigenvalue weighted by molar-refractivity contribution is 0.0977. The minimum atomic E-state index is -0.341. The number of halogens is 1. The molecule has 5 nitrogen and oxygen atoms in total. The number of fused-ring (bicyclic) bond motifs is 3. The summed E-state index contributed by atoms with van der Waals surface area (Å²) in [6.07, 6.45) is 0. The minimum absolute atomic E-state index is 0.177. The van der Waals surface area contributed by atoms with Gasteiger partial charge in [-0.2, -0.15) is 0 Å². The van der Waals surface area contributed by atoms with Crippen LogP contribution >= 0.6 is 23.8 Å². The van der Waals surface area contributed by atoms with Gasteiger partial charge in [-0.3, -0.25) is 10.1 Å². The Hall–Kier alpha value is -3.74. The molecule has 1 amide bonds. The lowest BCUT2D eigenvalue weighted by atomic mass is 10.1. The van der Waals surface area contributed by atoms with Gasteiger partial charge >= 0.3 is 0 Å². The summed E-state index contributed by atoms with van der Waals surface area (Å²) in [5, 5.41) is 8.49. The Morgan fingerprint density at radius 2 is 1.78 bits per heavy atom. The maximum atomic E-state index is 12.4. The highest BCUT2D eigenvalue weighted by atomic mass is 35.5. The smallest absolute Gasteiger partial charge is 0.257 e. The highest BCUT2D eigenvalue weighted by Crippen LogP contribution is 2.30. The lowest BCUT2D eigenvalue weighted by Gasteiger charge is -2.10. The molecule has 2 N–H and O–H groups in total. The van der Waals surface area contributed by atoms with E-state index in [-0.39, 0.29) is 11.0 Å². The van der Waals surface area contributed by atoms with Gasteiger partial charge in [-0.05, 0) is 60.1 Å². The first kappa shape index (κ1) is 20.2. The number of amides is 1. The predicted molar refractivity (Wildman–Crippen MR) is 132 cm³/mol. The summed E-state index contributed by atoms with van der Waals surface area (Å²) in [5.41, 5.74) is 3.46. The monoisotopic (exact) mass is 457 g/mol. The molecule has 0 saturated heterocycles. The third kappa shape index (κ3) is 4.06. The normalized spacial score (nSPS) is 10.9. The van der Waals surface area contributed by atoms with Crippen LogP contribution in [0.1, 0.15) is 10.4 Å². The van der Waals surface area contributed by atoms with Crippen LogP contribution in [0.25, 0.3) is 33.3 Å². The van der Waals surface area contributed by atoms with Crippen LogP contribution in [0, 0.1) is 0 Å². The highest BCUT2D eigenvalue weighted by Gasteiger charge is 2.12. The summed E-state index contributed by atoms with van der Waals surface area (Å²) in [7, 11) is 0. The van der Waals surface area contributed by atoms with Gasteiger partial charge in [0.2, 0.25) is 5.89 Å². The maximum Gasteiger partial charge on any atom is 0.257 e. The highest BCUT2D eigenvalue weighted by molar-refractivity contribution is 7.80. The van der Waals surface area contributed by atoms with E-state index >= 15 is 0 Å². The number of nitrogens with zero attached hydrogens (tertiary/aromatic N) is 1. The van der Waals surface area contributed by atoms with Crippen molar-refractivity contribution in [1.82, 2.24) is 10.3 Å². The molecule has 0 saturated carbocycles. The number of aromatic nitrogens is 1. The van der Waals surface area contributed by atoms with Crippen molar-refractivity contribution in [2.45, 2.75) is 0 Å². The van der Waals surface area contributed by atoms with Gasteiger partial charge in [0.05, 0.1) is 0 Å². The number of thiocarbonyl (C=S) groups is 1. The lowest BCUT2D eigenvalue weighted by Crippen LogP contribution is -2.34. The molecule has 0 aliphatic rings. The van der Waals surface area contributed by atoms with E-state index in [4.69, 9.17) is 33.2 Å². The zero-order valence-electron chi connectivity index (χ0n) is 16.6. The largest absolute Gasteiger partial charge is 0.436 e. The van der Waals surface area contributed by atoms with E-state index in [1.54, 1.807) is 24.3 Å². The molecule has 0 spiro atoms. The number of anilines is 1. The van der Waals surface area contributed by atoms with Crippen molar-refractivity contribution in [3.8, 4) is 11.5 Å².